The Hall–Kier alpha value is -1.94. The molecule has 0 aliphatic carbocycles. The summed E-state index contributed by atoms with van der Waals surface area (Å²) in [4.78, 5) is 1.61. The summed E-state index contributed by atoms with van der Waals surface area (Å²) in [5.41, 5.74) is 2.23. The molecule has 0 saturated heterocycles. The smallest absolute Gasteiger partial charge is 0.160 e. The van der Waals surface area contributed by atoms with Crippen LogP contribution in [-0.4, -0.2) is 15.5 Å². The van der Waals surface area contributed by atoms with E-state index in [1.165, 1.54) is 18.4 Å². The number of thiophene rings is 1. The molecule has 2 N–H and O–H groups in total. The van der Waals surface area contributed by atoms with E-state index in [0.29, 0.717) is 22.0 Å². The van der Waals surface area contributed by atoms with Crippen molar-refractivity contribution in [2.45, 2.75) is 23.0 Å². The maximum atomic E-state index is 13.0. The second-order valence-electron chi connectivity index (χ2n) is 6.16. The predicted octanol–water partition coefficient (Wildman–Crippen LogP) is 6.13. The lowest BCUT2D eigenvalue weighted by molar-refractivity contribution is 0.404. The van der Waals surface area contributed by atoms with E-state index in [1.807, 2.05) is 50.3 Å². The van der Waals surface area contributed by atoms with Gasteiger partial charge in [-0.1, -0.05) is 40.2 Å². The summed E-state index contributed by atoms with van der Waals surface area (Å²) in [6.07, 6.45) is 3.95. The molecule has 0 spiro atoms. The van der Waals surface area contributed by atoms with Crippen molar-refractivity contribution in [1.29, 1.82) is 0 Å². The molecule has 0 amide bonds. The van der Waals surface area contributed by atoms with Crippen molar-refractivity contribution in [3.8, 4) is 5.75 Å². The van der Waals surface area contributed by atoms with E-state index >= 15 is 0 Å². The third-order valence-corrected chi connectivity index (χ3v) is 8.19. The van der Waals surface area contributed by atoms with Gasteiger partial charge in [-0.25, -0.2) is 8.42 Å². The van der Waals surface area contributed by atoms with Gasteiger partial charge in [-0.05, 0) is 55.8 Å². The summed E-state index contributed by atoms with van der Waals surface area (Å²) < 4.78 is 38.7. The molecule has 158 valence electrons. The zero-order valence-electron chi connectivity index (χ0n) is 16.6. The molecule has 1 aromatic heterocycles. The Labute approximate surface area is 193 Å². The molecule has 30 heavy (non-hydrogen) atoms. The number of allylic oxidation sites excluding steroid dienone is 1. The number of benzene rings is 2. The zero-order valence-corrected chi connectivity index (χ0v) is 20.6. The molecule has 5 nitrogen and oxygen atoms in total. The van der Waals surface area contributed by atoms with Crippen LogP contribution in [0, 0.1) is 6.92 Å². The first kappa shape index (κ1) is 22.7. The molecular weight excluding hydrogens is 504 g/mol. The molecule has 0 radical (unpaired) electrons. The summed E-state index contributed by atoms with van der Waals surface area (Å²) in [5.74, 6) is 0.517. The molecule has 0 fully saturated rings. The Balaban J connectivity index is 1.83. The Morgan fingerprint density at radius 3 is 2.33 bits per heavy atom. The van der Waals surface area contributed by atoms with Crippen LogP contribution in [0.5, 0.6) is 5.75 Å². The number of aryl methyl sites for hydroxylation is 1. The molecule has 1 heterocycles. The van der Waals surface area contributed by atoms with Crippen molar-refractivity contribution < 1.29 is 13.2 Å². The number of anilines is 2. The lowest BCUT2D eigenvalue weighted by atomic mass is 10.2. The summed E-state index contributed by atoms with van der Waals surface area (Å²) in [7, 11) is -1.49. The first-order valence-corrected chi connectivity index (χ1v) is 12.9. The van der Waals surface area contributed by atoms with Gasteiger partial charge in [0.05, 0.1) is 18.5 Å². The van der Waals surface area contributed by atoms with Gasteiger partial charge in [0.25, 0.3) is 0 Å². The number of hydrogen-bond acceptors (Lipinski definition) is 4. The first-order chi connectivity index (χ1) is 14.4. The highest BCUT2D eigenvalue weighted by Crippen LogP contribution is 2.31. The van der Waals surface area contributed by atoms with Crippen LogP contribution in [0.2, 0.25) is 0 Å². The van der Waals surface area contributed by atoms with E-state index < -0.39 is 22.0 Å². The third-order valence-electron chi connectivity index (χ3n) is 4.12. The standard InChI is InChI=1S/C21H21BrN2O3S3/c1-4-7-15-12-21(28-14(15)2)30(26)24-18-9-6-5-8-17(18)23-29(25)20-13-16(22)10-11-19(20)27-3/h4-13,23-24H,1-3H3/b7-4-. The summed E-state index contributed by atoms with van der Waals surface area (Å²) >= 11 is 4.89. The second-order valence-corrected chi connectivity index (χ2v) is 11.0. The molecule has 3 rings (SSSR count). The normalized spacial score (nSPS) is 13.2. The highest BCUT2D eigenvalue weighted by atomic mass is 79.9. The van der Waals surface area contributed by atoms with Crippen molar-refractivity contribution in [3.63, 3.8) is 0 Å². The fourth-order valence-electron chi connectivity index (χ4n) is 2.67. The molecule has 2 atom stereocenters. The summed E-state index contributed by atoms with van der Waals surface area (Å²) in [5, 5.41) is 0. The quantitative estimate of drug-likeness (QED) is 0.372. The number of nitrogens with one attached hydrogen (secondary N) is 2. The number of rotatable bonds is 8. The van der Waals surface area contributed by atoms with Gasteiger partial charge in [-0.15, -0.1) is 11.3 Å². The average Bonchev–Trinajstić information content (AvgIpc) is 3.10. The van der Waals surface area contributed by atoms with Gasteiger partial charge in [0.15, 0.2) is 22.0 Å². The monoisotopic (exact) mass is 524 g/mol. The van der Waals surface area contributed by atoms with Crippen LogP contribution in [-0.2, 0) is 22.0 Å². The summed E-state index contributed by atoms with van der Waals surface area (Å²) in [6, 6.07) is 14.5. The van der Waals surface area contributed by atoms with Crippen LogP contribution < -0.4 is 14.2 Å². The minimum absolute atomic E-state index is 0.507. The Morgan fingerprint density at radius 2 is 1.70 bits per heavy atom. The second kappa shape index (κ2) is 10.4. The van der Waals surface area contributed by atoms with Crippen LogP contribution in [0.3, 0.4) is 0 Å². The number of halogens is 1. The average molecular weight is 526 g/mol. The van der Waals surface area contributed by atoms with Crippen LogP contribution >= 0.6 is 27.3 Å². The minimum Gasteiger partial charge on any atom is -0.495 e. The largest absolute Gasteiger partial charge is 0.495 e. The van der Waals surface area contributed by atoms with Gasteiger partial charge in [0.1, 0.15) is 14.9 Å². The third kappa shape index (κ3) is 5.40. The maximum Gasteiger partial charge on any atom is 0.160 e. The van der Waals surface area contributed by atoms with E-state index in [1.54, 1.807) is 24.3 Å². The predicted molar refractivity (Wildman–Crippen MR) is 131 cm³/mol. The molecule has 9 heteroatoms. The molecule has 0 aliphatic rings. The molecule has 0 aliphatic heterocycles. The highest BCUT2D eigenvalue weighted by molar-refractivity contribution is 9.10. The van der Waals surface area contributed by atoms with Gasteiger partial charge in [0.2, 0.25) is 0 Å². The lowest BCUT2D eigenvalue weighted by Crippen LogP contribution is -2.10. The van der Waals surface area contributed by atoms with Gasteiger partial charge in [0, 0.05) is 9.35 Å². The van der Waals surface area contributed by atoms with Crippen LogP contribution in [0.1, 0.15) is 17.4 Å². The van der Waals surface area contributed by atoms with Gasteiger partial charge < -0.3 is 4.74 Å². The molecular formula is C21H21BrN2O3S3. The van der Waals surface area contributed by atoms with Crippen molar-refractivity contribution in [1.82, 2.24) is 0 Å². The minimum atomic E-state index is -1.58. The SMILES string of the molecule is C/C=C\c1cc(S(=O)Nc2ccccc2NS(=O)c2cc(Br)ccc2OC)sc1C. The topological polar surface area (TPSA) is 67.4 Å². The van der Waals surface area contributed by atoms with E-state index in [2.05, 4.69) is 25.4 Å². The molecule has 0 bridgehead atoms. The zero-order chi connectivity index (χ0) is 21.7. The van der Waals surface area contributed by atoms with Crippen molar-refractivity contribution in [3.05, 3.63) is 69.5 Å². The molecule has 2 unspecified atom stereocenters. The molecule has 3 aromatic rings. The van der Waals surface area contributed by atoms with E-state index in [9.17, 15) is 8.42 Å². The lowest BCUT2D eigenvalue weighted by Gasteiger charge is -2.14. The maximum absolute atomic E-state index is 13.0. The van der Waals surface area contributed by atoms with Crippen molar-refractivity contribution in [2.75, 3.05) is 16.6 Å². The highest BCUT2D eigenvalue weighted by Gasteiger charge is 2.15. The first-order valence-electron chi connectivity index (χ1n) is 8.95. The molecule has 0 saturated carbocycles. The Kier molecular flexibility index (Phi) is 7.87. The van der Waals surface area contributed by atoms with Gasteiger partial charge >= 0.3 is 0 Å². The number of para-hydroxylation sites is 2. The van der Waals surface area contributed by atoms with Crippen molar-refractivity contribution >= 4 is 66.7 Å². The van der Waals surface area contributed by atoms with Gasteiger partial charge in [-0.2, -0.15) is 0 Å². The summed E-state index contributed by atoms with van der Waals surface area (Å²) in [6.45, 7) is 3.96. The van der Waals surface area contributed by atoms with Crippen molar-refractivity contribution in [2.24, 2.45) is 0 Å². The molecule has 2 aromatic carbocycles. The van der Waals surface area contributed by atoms with Crippen LogP contribution in [0.15, 0.2) is 68.2 Å². The number of methoxy groups -OCH3 is 1. The number of hydrogen-bond donors (Lipinski definition) is 2. The Morgan fingerprint density at radius 1 is 1.03 bits per heavy atom. The van der Waals surface area contributed by atoms with E-state index in [0.717, 1.165) is 19.1 Å². The fourth-order valence-corrected chi connectivity index (χ4v) is 6.48. The fraction of sp³-hybridized carbons (Fsp3) is 0.143. The van der Waals surface area contributed by atoms with E-state index in [4.69, 9.17) is 4.74 Å². The van der Waals surface area contributed by atoms with Gasteiger partial charge in [-0.3, -0.25) is 9.44 Å². The van der Waals surface area contributed by atoms with E-state index in [-0.39, 0.29) is 0 Å². The Bertz CT molecular complexity index is 1130. The number of ether oxygens (including phenoxy) is 1. The van der Waals surface area contributed by atoms with Crippen LogP contribution in [0.4, 0.5) is 11.4 Å². The van der Waals surface area contributed by atoms with Crippen LogP contribution in [0.25, 0.3) is 6.08 Å².